The highest BCUT2D eigenvalue weighted by molar-refractivity contribution is 5.92. The first-order chi connectivity index (χ1) is 12.6. The summed E-state index contributed by atoms with van der Waals surface area (Å²) in [4.78, 5) is 39.2. The van der Waals surface area contributed by atoms with Gasteiger partial charge in [-0.3, -0.25) is 14.4 Å². The molecule has 26 heavy (non-hydrogen) atoms. The molecule has 1 fully saturated rings. The molecule has 1 N–H and O–H groups in total. The first kappa shape index (κ1) is 17.7. The second-order valence-electron chi connectivity index (χ2n) is 6.00. The van der Waals surface area contributed by atoms with E-state index in [2.05, 4.69) is 10.2 Å². The van der Waals surface area contributed by atoms with Crippen molar-refractivity contribution in [1.82, 2.24) is 20.0 Å². The predicted molar refractivity (Wildman–Crippen MR) is 94.0 cm³/mol. The fourth-order valence-corrected chi connectivity index (χ4v) is 2.81. The zero-order valence-corrected chi connectivity index (χ0v) is 14.5. The van der Waals surface area contributed by atoms with Crippen molar-refractivity contribution in [3.05, 3.63) is 58.0 Å². The van der Waals surface area contributed by atoms with Crippen molar-refractivity contribution in [2.75, 3.05) is 33.3 Å². The highest BCUT2D eigenvalue weighted by atomic mass is 16.5. The molecule has 0 bridgehead atoms. The lowest BCUT2D eigenvalue weighted by molar-refractivity contribution is -0.131. The highest BCUT2D eigenvalue weighted by Gasteiger charge is 2.25. The van der Waals surface area contributed by atoms with Gasteiger partial charge in [0.05, 0.1) is 13.5 Å². The molecule has 0 aliphatic carbocycles. The van der Waals surface area contributed by atoms with Gasteiger partial charge in [-0.2, -0.15) is 5.10 Å². The van der Waals surface area contributed by atoms with Gasteiger partial charge in [-0.1, -0.05) is 12.1 Å². The summed E-state index contributed by atoms with van der Waals surface area (Å²) >= 11 is 0. The van der Waals surface area contributed by atoms with Gasteiger partial charge in [-0.15, -0.1) is 0 Å². The van der Waals surface area contributed by atoms with Crippen LogP contribution >= 0.6 is 0 Å². The Kier molecular flexibility index (Phi) is 5.31. The number of carbonyl (C=O) groups is 2. The lowest BCUT2D eigenvalue weighted by Crippen LogP contribution is -2.51. The highest BCUT2D eigenvalue weighted by Crippen LogP contribution is 2.13. The molecule has 0 saturated carbocycles. The third kappa shape index (κ3) is 4.08. The average molecular weight is 356 g/mol. The van der Waals surface area contributed by atoms with Crippen LogP contribution in [0.2, 0.25) is 0 Å². The molecule has 136 valence electrons. The normalized spacial score (nSPS) is 14.2. The van der Waals surface area contributed by atoms with E-state index in [4.69, 9.17) is 4.74 Å². The third-order valence-corrected chi connectivity index (χ3v) is 4.33. The van der Waals surface area contributed by atoms with Gasteiger partial charge in [0.2, 0.25) is 5.91 Å². The average Bonchev–Trinajstić information content (AvgIpc) is 2.69. The molecule has 2 heterocycles. The van der Waals surface area contributed by atoms with Crippen molar-refractivity contribution >= 4 is 11.8 Å². The summed E-state index contributed by atoms with van der Waals surface area (Å²) in [5, 5.41) is 6.01. The Morgan fingerprint density at radius 1 is 1.04 bits per heavy atom. The Morgan fingerprint density at radius 2 is 1.69 bits per heavy atom. The Hall–Kier alpha value is -3.16. The van der Waals surface area contributed by atoms with Gasteiger partial charge >= 0.3 is 0 Å². The quantitative estimate of drug-likeness (QED) is 0.850. The number of aromatic amines is 1. The first-order valence-corrected chi connectivity index (χ1v) is 8.32. The molecule has 1 aromatic heterocycles. The van der Waals surface area contributed by atoms with Crippen molar-refractivity contribution in [2.24, 2.45) is 0 Å². The van der Waals surface area contributed by atoms with Crippen LogP contribution in [0.1, 0.15) is 16.1 Å². The Bertz CT molecular complexity index is 819. The standard InChI is InChI=1S/C18H20N4O4/c1-26-14-4-2-13(3-5-14)12-17(24)21-8-10-22(11-9-21)18(25)15-6-7-16(23)20-19-15/h2-7H,8-12H2,1H3,(H,20,23). The number of nitrogens with one attached hydrogen (secondary N) is 1. The number of ether oxygens (including phenoxy) is 1. The number of aromatic nitrogens is 2. The second-order valence-corrected chi connectivity index (χ2v) is 6.00. The minimum atomic E-state index is -0.351. The van der Waals surface area contributed by atoms with Crippen LogP contribution in [-0.4, -0.2) is 65.1 Å². The number of benzene rings is 1. The Balaban J connectivity index is 1.53. The van der Waals surface area contributed by atoms with E-state index >= 15 is 0 Å². The van der Waals surface area contributed by atoms with Gasteiger partial charge in [0, 0.05) is 32.2 Å². The van der Waals surface area contributed by atoms with E-state index in [0.717, 1.165) is 11.3 Å². The third-order valence-electron chi connectivity index (χ3n) is 4.33. The molecule has 8 nitrogen and oxygen atoms in total. The zero-order valence-electron chi connectivity index (χ0n) is 14.5. The SMILES string of the molecule is COc1ccc(CC(=O)N2CCN(C(=O)c3ccc(=O)[nH]n3)CC2)cc1. The molecule has 2 aromatic rings. The Morgan fingerprint density at radius 3 is 2.27 bits per heavy atom. The zero-order chi connectivity index (χ0) is 18.5. The molecule has 2 amide bonds. The summed E-state index contributed by atoms with van der Waals surface area (Å²) in [5.74, 6) is 0.539. The van der Waals surface area contributed by atoms with Crippen LogP contribution in [0.4, 0.5) is 0 Å². The number of carbonyl (C=O) groups excluding carboxylic acids is 2. The van der Waals surface area contributed by atoms with Gasteiger partial charge < -0.3 is 14.5 Å². The topological polar surface area (TPSA) is 95.6 Å². The maximum atomic E-state index is 12.4. The van der Waals surface area contributed by atoms with Crippen LogP contribution in [0.25, 0.3) is 0 Å². The molecule has 1 aliphatic heterocycles. The lowest BCUT2D eigenvalue weighted by Gasteiger charge is -2.34. The molecular formula is C18H20N4O4. The number of H-pyrrole nitrogens is 1. The van der Waals surface area contributed by atoms with Crippen molar-refractivity contribution in [3.8, 4) is 5.75 Å². The fraction of sp³-hybridized carbons (Fsp3) is 0.333. The van der Waals surface area contributed by atoms with Crippen LogP contribution in [0.5, 0.6) is 5.75 Å². The summed E-state index contributed by atoms with van der Waals surface area (Å²) in [7, 11) is 1.60. The van der Waals surface area contributed by atoms with E-state index in [0.29, 0.717) is 32.6 Å². The van der Waals surface area contributed by atoms with Crippen LogP contribution in [0.15, 0.2) is 41.2 Å². The van der Waals surface area contributed by atoms with E-state index in [1.165, 1.54) is 12.1 Å². The van der Waals surface area contributed by atoms with Gasteiger partial charge in [0.15, 0.2) is 0 Å². The van der Waals surface area contributed by atoms with Crippen LogP contribution in [-0.2, 0) is 11.2 Å². The maximum absolute atomic E-state index is 12.4. The Labute approximate surface area is 150 Å². The summed E-state index contributed by atoms with van der Waals surface area (Å²) in [6.45, 7) is 1.83. The van der Waals surface area contributed by atoms with E-state index in [9.17, 15) is 14.4 Å². The monoisotopic (exact) mass is 356 g/mol. The van der Waals surface area contributed by atoms with E-state index < -0.39 is 0 Å². The molecule has 1 saturated heterocycles. The largest absolute Gasteiger partial charge is 0.497 e. The van der Waals surface area contributed by atoms with Gasteiger partial charge in [0.1, 0.15) is 11.4 Å². The number of piperazine rings is 1. The molecular weight excluding hydrogens is 336 g/mol. The first-order valence-electron chi connectivity index (χ1n) is 8.32. The molecule has 0 radical (unpaired) electrons. The van der Waals surface area contributed by atoms with E-state index in [1.807, 2.05) is 24.3 Å². The molecule has 0 spiro atoms. The summed E-state index contributed by atoms with van der Waals surface area (Å²) in [5.41, 5.74) is 0.768. The number of hydrogen-bond acceptors (Lipinski definition) is 5. The van der Waals surface area contributed by atoms with Gasteiger partial charge in [-0.05, 0) is 23.8 Å². The lowest BCUT2D eigenvalue weighted by atomic mass is 10.1. The fourth-order valence-electron chi connectivity index (χ4n) is 2.81. The predicted octanol–water partition coefficient (Wildman–Crippen LogP) is 0.306. The number of nitrogens with zero attached hydrogens (tertiary/aromatic N) is 3. The molecule has 1 aliphatic rings. The second kappa shape index (κ2) is 7.81. The number of methoxy groups -OCH3 is 1. The van der Waals surface area contributed by atoms with Crippen molar-refractivity contribution < 1.29 is 14.3 Å². The van der Waals surface area contributed by atoms with Crippen molar-refractivity contribution in [3.63, 3.8) is 0 Å². The molecule has 8 heteroatoms. The van der Waals surface area contributed by atoms with Crippen molar-refractivity contribution in [1.29, 1.82) is 0 Å². The van der Waals surface area contributed by atoms with E-state index in [1.54, 1.807) is 16.9 Å². The van der Waals surface area contributed by atoms with Crippen LogP contribution < -0.4 is 10.3 Å². The maximum Gasteiger partial charge on any atom is 0.274 e. The molecule has 0 atom stereocenters. The van der Waals surface area contributed by atoms with Gasteiger partial charge in [0.25, 0.3) is 11.5 Å². The number of hydrogen-bond donors (Lipinski definition) is 1. The molecule has 0 unspecified atom stereocenters. The molecule has 1 aromatic carbocycles. The van der Waals surface area contributed by atoms with Gasteiger partial charge in [-0.25, -0.2) is 5.10 Å². The summed E-state index contributed by atoms with van der Waals surface area (Å²) in [6, 6.07) is 10.1. The molecule has 3 rings (SSSR count). The van der Waals surface area contributed by atoms with Crippen LogP contribution in [0.3, 0.4) is 0 Å². The van der Waals surface area contributed by atoms with Crippen LogP contribution in [0, 0.1) is 0 Å². The van der Waals surface area contributed by atoms with E-state index in [-0.39, 0.29) is 23.1 Å². The van der Waals surface area contributed by atoms with Crippen molar-refractivity contribution in [2.45, 2.75) is 6.42 Å². The summed E-state index contributed by atoms with van der Waals surface area (Å²) in [6.07, 6.45) is 0.319. The minimum absolute atomic E-state index is 0.0319. The number of rotatable bonds is 4. The minimum Gasteiger partial charge on any atom is -0.497 e. The summed E-state index contributed by atoms with van der Waals surface area (Å²) < 4.78 is 5.11. The smallest absolute Gasteiger partial charge is 0.274 e. The number of amides is 2.